The molecule has 7 heteroatoms. The molecule has 1 heterocycles. The highest BCUT2D eigenvalue weighted by Crippen LogP contribution is 2.26. The van der Waals surface area contributed by atoms with Gasteiger partial charge < -0.3 is 10.6 Å². The highest BCUT2D eigenvalue weighted by atomic mass is 35.5. The van der Waals surface area contributed by atoms with Gasteiger partial charge in [0.25, 0.3) is 0 Å². The Kier molecular flexibility index (Phi) is 5.88. The number of benzene rings is 2. The topological polar surface area (TPSA) is 71.1 Å². The zero-order chi connectivity index (χ0) is 19.4. The molecule has 3 aromatic rings. The third-order valence-corrected chi connectivity index (χ3v) is 4.99. The predicted molar refractivity (Wildman–Crippen MR) is 110 cm³/mol. The van der Waals surface area contributed by atoms with E-state index in [-0.39, 0.29) is 18.2 Å². The molecule has 0 saturated carbocycles. The van der Waals surface area contributed by atoms with Crippen LogP contribution in [0.5, 0.6) is 0 Å². The fourth-order valence-electron chi connectivity index (χ4n) is 2.51. The molecule has 5 nitrogen and oxygen atoms in total. The Morgan fingerprint density at radius 1 is 1.11 bits per heavy atom. The quantitative estimate of drug-likeness (QED) is 0.640. The van der Waals surface area contributed by atoms with Crippen LogP contribution in [0.15, 0.2) is 47.8 Å². The summed E-state index contributed by atoms with van der Waals surface area (Å²) in [7, 11) is 0. The Bertz CT molecular complexity index is 983. The second kappa shape index (κ2) is 8.33. The van der Waals surface area contributed by atoms with Crippen LogP contribution in [0.1, 0.15) is 18.2 Å². The van der Waals surface area contributed by atoms with Crippen LogP contribution in [0.25, 0.3) is 10.6 Å². The van der Waals surface area contributed by atoms with E-state index in [1.165, 1.54) is 18.3 Å². The summed E-state index contributed by atoms with van der Waals surface area (Å²) in [6.07, 6.45) is 0.187. The first-order valence-corrected chi connectivity index (χ1v) is 9.55. The van der Waals surface area contributed by atoms with Crippen molar-refractivity contribution in [3.8, 4) is 10.6 Å². The fourth-order valence-corrected chi connectivity index (χ4v) is 3.51. The number of halogens is 1. The molecule has 3 rings (SSSR count). The molecule has 2 aromatic carbocycles. The first-order chi connectivity index (χ1) is 12.9. The smallest absolute Gasteiger partial charge is 0.230 e. The van der Waals surface area contributed by atoms with Gasteiger partial charge in [-0.25, -0.2) is 4.98 Å². The predicted octanol–water partition coefficient (Wildman–Crippen LogP) is 4.91. The Morgan fingerprint density at radius 2 is 1.85 bits per heavy atom. The van der Waals surface area contributed by atoms with Crippen LogP contribution in [0.2, 0.25) is 5.02 Å². The van der Waals surface area contributed by atoms with Crippen molar-refractivity contribution in [2.45, 2.75) is 20.3 Å². The van der Waals surface area contributed by atoms with Crippen molar-refractivity contribution < 1.29 is 9.59 Å². The molecule has 27 heavy (non-hydrogen) atoms. The number of carbonyl (C=O) groups excluding carboxylic acids is 2. The van der Waals surface area contributed by atoms with Gasteiger partial charge in [0.05, 0.1) is 12.1 Å². The van der Waals surface area contributed by atoms with Crippen molar-refractivity contribution >= 4 is 46.1 Å². The first-order valence-electron chi connectivity index (χ1n) is 8.29. The van der Waals surface area contributed by atoms with E-state index in [0.717, 1.165) is 21.8 Å². The molecule has 0 unspecified atom stereocenters. The third kappa shape index (κ3) is 5.15. The second-order valence-electron chi connectivity index (χ2n) is 6.09. The van der Waals surface area contributed by atoms with E-state index < -0.39 is 0 Å². The van der Waals surface area contributed by atoms with Gasteiger partial charge in [-0.1, -0.05) is 17.7 Å². The molecule has 0 spiro atoms. The number of nitrogens with zero attached hydrogens (tertiary/aromatic N) is 1. The van der Waals surface area contributed by atoms with E-state index in [1.54, 1.807) is 12.1 Å². The standard InChI is InChI=1S/C20H18ClN3O2S/c1-12-3-6-15(21)9-18(12)24-19(26)10-17-11-27-20(23-17)14-4-7-16(8-5-14)22-13(2)25/h3-9,11H,10H2,1-2H3,(H,22,25)(H,24,26). The summed E-state index contributed by atoms with van der Waals surface area (Å²) < 4.78 is 0. The third-order valence-electron chi connectivity index (χ3n) is 3.82. The van der Waals surface area contributed by atoms with Gasteiger partial charge in [-0.05, 0) is 48.9 Å². The number of aromatic nitrogens is 1. The van der Waals surface area contributed by atoms with Crippen LogP contribution >= 0.6 is 22.9 Å². The SMILES string of the molecule is CC(=O)Nc1ccc(-c2nc(CC(=O)Nc3cc(Cl)ccc3C)cs2)cc1. The lowest BCUT2D eigenvalue weighted by molar-refractivity contribution is -0.116. The lowest BCUT2D eigenvalue weighted by Gasteiger charge is -2.08. The number of thiazole rings is 1. The van der Waals surface area contributed by atoms with Gasteiger partial charge in [0, 0.05) is 34.3 Å². The number of rotatable bonds is 5. The number of amides is 2. The molecule has 0 atom stereocenters. The van der Waals surface area contributed by atoms with E-state index in [9.17, 15) is 9.59 Å². The lowest BCUT2D eigenvalue weighted by atomic mass is 10.2. The first kappa shape index (κ1) is 19.1. The van der Waals surface area contributed by atoms with Gasteiger partial charge in [0.15, 0.2) is 0 Å². The number of hydrogen-bond donors (Lipinski definition) is 2. The molecule has 138 valence electrons. The summed E-state index contributed by atoms with van der Waals surface area (Å²) in [5, 5.41) is 8.88. The van der Waals surface area contributed by atoms with E-state index in [0.29, 0.717) is 16.4 Å². The minimum atomic E-state index is -0.141. The van der Waals surface area contributed by atoms with Crippen molar-refractivity contribution in [2.75, 3.05) is 10.6 Å². The Hall–Kier alpha value is -2.70. The van der Waals surface area contributed by atoms with Gasteiger partial charge in [0.2, 0.25) is 11.8 Å². The number of nitrogens with one attached hydrogen (secondary N) is 2. The van der Waals surface area contributed by atoms with Crippen LogP contribution in [0.3, 0.4) is 0 Å². The molecule has 0 bridgehead atoms. The number of carbonyl (C=O) groups is 2. The molecule has 2 amide bonds. The highest BCUT2D eigenvalue weighted by molar-refractivity contribution is 7.13. The van der Waals surface area contributed by atoms with Gasteiger partial charge in [-0.15, -0.1) is 11.3 Å². The maximum atomic E-state index is 12.3. The lowest BCUT2D eigenvalue weighted by Crippen LogP contribution is -2.15. The summed E-state index contributed by atoms with van der Waals surface area (Å²) in [6.45, 7) is 3.38. The summed E-state index contributed by atoms with van der Waals surface area (Å²) >= 11 is 7.46. The number of anilines is 2. The normalized spacial score (nSPS) is 10.5. The summed E-state index contributed by atoms with van der Waals surface area (Å²) in [6, 6.07) is 12.8. The minimum Gasteiger partial charge on any atom is -0.326 e. The van der Waals surface area contributed by atoms with Crippen molar-refractivity contribution in [3.05, 3.63) is 64.1 Å². The molecule has 0 aliphatic rings. The maximum absolute atomic E-state index is 12.3. The van der Waals surface area contributed by atoms with Crippen molar-refractivity contribution in [2.24, 2.45) is 0 Å². The molecule has 1 aromatic heterocycles. The van der Waals surface area contributed by atoms with Crippen LogP contribution in [0.4, 0.5) is 11.4 Å². The average molecular weight is 400 g/mol. The highest BCUT2D eigenvalue weighted by Gasteiger charge is 2.11. The molecule has 0 fully saturated rings. The van der Waals surface area contributed by atoms with Crippen molar-refractivity contribution in [1.82, 2.24) is 4.98 Å². The Morgan fingerprint density at radius 3 is 2.56 bits per heavy atom. The summed E-state index contributed by atoms with van der Waals surface area (Å²) in [5.41, 5.74) is 4.03. The van der Waals surface area contributed by atoms with E-state index in [1.807, 2.05) is 42.6 Å². The molecular weight excluding hydrogens is 382 g/mol. The molecule has 2 N–H and O–H groups in total. The monoisotopic (exact) mass is 399 g/mol. The fraction of sp³-hybridized carbons (Fsp3) is 0.150. The zero-order valence-electron chi connectivity index (χ0n) is 14.9. The van der Waals surface area contributed by atoms with E-state index >= 15 is 0 Å². The van der Waals surface area contributed by atoms with Crippen LogP contribution in [0, 0.1) is 6.92 Å². The van der Waals surface area contributed by atoms with Crippen LogP contribution in [-0.2, 0) is 16.0 Å². The average Bonchev–Trinajstić information content (AvgIpc) is 3.06. The number of hydrogen-bond acceptors (Lipinski definition) is 4. The number of aryl methyl sites for hydroxylation is 1. The second-order valence-corrected chi connectivity index (χ2v) is 7.38. The zero-order valence-corrected chi connectivity index (χ0v) is 16.4. The minimum absolute atomic E-state index is 0.111. The van der Waals surface area contributed by atoms with Crippen molar-refractivity contribution in [3.63, 3.8) is 0 Å². The molecule has 0 aliphatic carbocycles. The summed E-state index contributed by atoms with van der Waals surface area (Å²) in [4.78, 5) is 27.9. The van der Waals surface area contributed by atoms with Gasteiger partial charge in [-0.2, -0.15) is 0 Å². The Balaban J connectivity index is 1.66. The van der Waals surface area contributed by atoms with Crippen molar-refractivity contribution in [1.29, 1.82) is 0 Å². The van der Waals surface area contributed by atoms with Crippen LogP contribution in [-0.4, -0.2) is 16.8 Å². The molecule has 0 saturated heterocycles. The Labute approximate surface area is 166 Å². The maximum Gasteiger partial charge on any atom is 0.230 e. The molecule has 0 radical (unpaired) electrons. The van der Waals surface area contributed by atoms with E-state index in [4.69, 9.17) is 11.6 Å². The van der Waals surface area contributed by atoms with Gasteiger partial charge >= 0.3 is 0 Å². The van der Waals surface area contributed by atoms with E-state index in [2.05, 4.69) is 15.6 Å². The molecule has 0 aliphatic heterocycles. The van der Waals surface area contributed by atoms with Crippen LogP contribution < -0.4 is 10.6 Å². The van der Waals surface area contributed by atoms with Gasteiger partial charge in [0.1, 0.15) is 5.01 Å². The molecular formula is C20H18ClN3O2S. The van der Waals surface area contributed by atoms with Gasteiger partial charge in [-0.3, -0.25) is 9.59 Å². The largest absolute Gasteiger partial charge is 0.326 e. The summed E-state index contributed by atoms with van der Waals surface area (Å²) in [5.74, 6) is -0.251.